The van der Waals surface area contributed by atoms with E-state index in [2.05, 4.69) is 4.72 Å². The van der Waals surface area contributed by atoms with Gasteiger partial charge in [0.25, 0.3) is 0 Å². The summed E-state index contributed by atoms with van der Waals surface area (Å²) in [5, 5.41) is 8.55. The van der Waals surface area contributed by atoms with Gasteiger partial charge in [-0.2, -0.15) is 0 Å². The molecule has 0 aromatic heterocycles. The molecule has 1 aromatic carbocycles. The van der Waals surface area contributed by atoms with Crippen LogP contribution >= 0.6 is 0 Å². The molecular formula is C12H15NO6S2. The Hall–Kier alpha value is -1.61. The number of benzene rings is 1. The van der Waals surface area contributed by atoms with Crippen LogP contribution in [0.1, 0.15) is 30.1 Å². The maximum Gasteiger partial charge on any atom is 0.337 e. The lowest BCUT2D eigenvalue weighted by molar-refractivity contribution is 0.0698. The average Bonchev–Trinajstić information content (AvgIpc) is 3.22. The van der Waals surface area contributed by atoms with Crippen LogP contribution in [0, 0.1) is 0 Å². The lowest BCUT2D eigenvalue weighted by Gasteiger charge is -2.11. The van der Waals surface area contributed by atoms with E-state index in [0.717, 1.165) is 18.2 Å². The second-order valence-corrected chi connectivity index (χ2v) is 9.00. The van der Waals surface area contributed by atoms with Crippen molar-refractivity contribution in [1.82, 2.24) is 0 Å². The molecule has 0 amide bonds. The van der Waals surface area contributed by atoms with E-state index in [1.807, 2.05) is 0 Å². The Morgan fingerprint density at radius 1 is 1.29 bits per heavy atom. The number of carboxylic acids is 1. The monoisotopic (exact) mass is 333 g/mol. The van der Waals surface area contributed by atoms with Gasteiger partial charge in [0.05, 0.1) is 27.1 Å². The Morgan fingerprint density at radius 2 is 1.90 bits per heavy atom. The smallest absolute Gasteiger partial charge is 0.337 e. The summed E-state index contributed by atoms with van der Waals surface area (Å²) in [6.07, 6.45) is 1.04. The highest BCUT2D eigenvalue weighted by Crippen LogP contribution is 2.31. The van der Waals surface area contributed by atoms with Gasteiger partial charge in [0.1, 0.15) is 0 Å². The number of aromatic carboxylic acids is 1. The minimum atomic E-state index is -3.67. The standard InChI is InChI=1S/C12H15NO6S2/c1-2-20(16,17)9-5-6-10(12(14)15)11(7-9)13-21(18,19)8-3-4-8/h5-8,13H,2-4H2,1H3,(H,14,15). The quantitative estimate of drug-likeness (QED) is 0.804. The maximum atomic E-state index is 11.9. The van der Waals surface area contributed by atoms with Gasteiger partial charge in [-0.25, -0.2) is 21.6 Å². The highest BCUT2D eigenvalue weighted by molar-refractivity contribution is 7.93. The Kier molecular flexibility index (Phi) is 3.98. The Morgan fingerprint density at radius 3 is 2.38 bits per heavy atom. The molecule has 116 valence electrons. The largest absolute Gasteiger partial charge is 0.478 e. The predicted octanol–water partition coefficient (Wildman–Crippen LogP) is 1.08. The molecule has 1 fully saturated rings. The number of hydrogen-bond acceptors (Lipinski definition) is 5. The van der Waals surface area contributed by atoms with Crippen LogP contribution in [0.2, 0.25) is 0 Å². The molecule has 21 heavy (non-hydrogen) atoms. The van der Waals surface area contributed by atoms with Gasteiger partial charge in [-0.05, 0) is 31.0 Å². The molecule has 1 saturated carbocycles. The molecule has 0 bridgehead atoms. The fraction of sp³-hybridized carbons (Fsp3) is 0.417. The van der Waals surface area contributed by atoms with Crippen molar-refractivity contribution in [2.24, 2.45) is 0 Å². The van der Waals surface area contributed by atoms with Gasteiger partial charge < -0.3 is 5.11 Å². The summed E-state index contributed by atoms with van der Waals surface area (Å²) < 4.78 is 49.7. The molecule has 1 aliphatic carbocycles. The summed E-state index contributed by atoms with van der Waals surface area (Å²) in [6.45, 7) is 1.45. The molecular weight excluding hydrogens is 318 g/mol. The second kappa shape index (κ2) is 5.30. The number of anilines is 1. The molecule has 0 saturated heterocycles. The molecule has 0 atom stereocenters. The molecule has 0 radical (unpaired) electrons. The van der Waals surface area contributed by atoms with Gasteiger partial charge in [-0.1, -0.05) is 6.92 Å². The average molecular weight is 333 g/mol. The van der Waals surface area contributed by atoms with Gasteiger partial charge >= 0.3 is 5.97 Å². The lowest BCUT2D eigenvalue weighted by Crippen LogP contribution is -2.19. The first-order valence-electron chi connectivity index (χ1n) is 6.29. The van der Waals surface area contributed by atoms with Crippen LogP contribution in [0.5, 0.6) is 0 Å². The summed E-state index contributed by atoms with van der Waals surface area (Å²) in [6, 6.07) is 3.31. The Bertz CT molecular complexity index is 778. The number of hydrogen-bond donors (Lipinski definition) is 2. The van der Waals surface area contributed by atoms with E-state index in [-0.39, 0.29) is 21.9 Å². The van der Waals surface area contributed by atoms with E-state index in [0.29, 0.717) is 12.8 Å². The lowest BCUT2D eigenvalue weighted by atomic mass is 10.2. The normalized spacial score (nSPS) is 15.7. The van der Waals surface area contributed by atoms with Gasteiger partial charge in [-0.15, -0.1) is 0 Å². The SMILES string of the molecule is CCS(=O)(=O)c1ccc(C(=O)O)c(NS(=O)(=O)C2CC2)c1. The first-order valence-corrected chi connectivity index (χ1v) is 9.49. The molecule has 0 spiro atoms. The van der Waals surface area contributed by atoms with Crippen molar-refractivity contribution in [1.29, 1.82) is 0 Å². The van der Waals surface area contributed by atoms with Crippen LogP contribution in [0.4, 0.5) is 5.69 Å². The molecule has 0 aliphatic heterocycles. The van der Waals surface area contributed by atoms with Crippen LogP contribution in [0.15, 0.2) is 23.1 Å². The van der Waals surface area contributed by atoms with Crippen LogP contribution in [-0.2, 0) is 19.9 Å². The molecule has 0 unspecified atom stereocenters. The Labute approximate surface area is 123 Å². The summed E-state index contributed by atoms with van der Waals surface area (Å²) in [5.74, 6) is -1.49. The van der Waals surface area contributed by atoms with Crippen LogP contribution in [0.25, 0.3) is 0 Å². The number of carboxylic acid groups (broad SMARTS) is 1. The van der Waals surface area contributed by atoms with Crippen LogP contribution < -0.4 is 4.72 Å². The first-order chi connectivity index (χ1) is 9.67. The summed E-state index contributed by atoms with van der Waals surface area (Å²) >= 11 is 0. The number of sulfonamides is 1. The van der Waals surface area contributed by atoms with Crippen molar-refractivity contribution in [3.05, 3.63) is 23.8 Å². The zero-order valence-electron chi connectivity index (χ0n) is 11.2. The van der Waals surface area contributed by atoms with Crippen molar-refractivity contribution < 1.29 is 26.7 Å². The third-order valence-corrected chi connectivity index (χ3v) is 6.76. The van der Waals surface area contributed by atoms with E-state index in [9.17, 15) is 21.6 Å². The zero-order valence-corrected chi connectivity index (χ0v) is 12.9. The summed E-state index contributed by atoms with van der Waals surface area (Å²) in [4.78, 5) is 11.0. The third kappa shape index (κ3) is 3.35. The van der Waals surface area contributed by atoms with Gasteiger partial charge in [0, 0.05) is 0 Å². The highest BCUT2D eigenvalue weighted by atomic mass is 32.2. The van der Waals surface area contributed by atoms with Gasteiger partial charge in [0.15, 0.2) is 9.84 Å². The molecule has 0 heterocycles. The van der Waals surface area contributed by atoms with Crippen molar-refractivity contribution in [3.8, 4) is 0 Å². The van der Waals surface area contributed by atoms with E-state index >= 15 is 0 Å². The van der Waals surface area contributed by atoms with E-state index in [1.165, 1.54) is 6.92 Å². The first kappa shape index (κ1) is 15.8. The molecule has 1 aliphatic rings. The fourth-order valence-corrected chi connectivity index (χ4v) is 4.07. The predicted molar refractivity (Wildman–Crippen MR) is 76.7 cm³/mol. The van der Waals surface area contributed by atoms with Crippen LogP contribution in [0.3, 0.4) is 0 Å². The second-order valence-electron chi connectivity index (χ2n) is 4.76. The minimum absolute atomic E-state index is 0.108. The van der Waals surface area contributed by atoms with Crippen molar-refractivity contribution in [2.75, 3.05) is 10.5 Å². The molecule has 7 nitrogen and oxygen atoms in total. The van der Waals surface area contributed by atoms with E-state index in [1.54, 1.807) is 0 Å². The highest BCUT2D eigenvalue weighted by Gasteiger charge is 2.36. The minimum Gasteiger partial charge on any atom is -0.478 e. The van der Waals surface area contributed by atoms with Crippen molar-refractivity contribution >= 4 is 31.5 Å². The van der Waals surface area contributed by atoms with E-state index < -0.39 is 31.1 Å². The topological polar surface area (TPSA) is 118 Å². The summed E-state index contributed by atoms with van der Waals surface area (Å²) in [5.41, 5.74) is -0.502. The Balaban J connectivity index is 2.50. The molecule has 9 heteroatoms. The number of carbonyl (C=O) groups is 1. The van der Waals surface area contributed by atoms with Gasteiger partial charge in [-0.3, -0.25) is 4.72 Å². The van der Waals surface area contributed by atoms with Crippen LogP contribution in [-0.4, -0.2) is 38.9 Å². The maximum absolute atomic E-state index is 11.9. The zero-order chi connectivity index (χ0) is 15.8. The summed E-state index contributed by atoms with van der Waals surface area (Å²) in [7, 11) is -7.22. The number of rotatable bonds is 6. The molecule has 2 N–H and O–H groups in total. The molecule has 2 rings (SSSR count). The van der Waals surface area contributed by atoms with Crippen molar-refractivity contribution in [3.63, 3.8) is 0 Å². The van der Waals surface area contributed by atoms with E-state index in [4.69, 9.17) is 5.11 Å². The van der Waals surface area contributed by atoms with Crippen molar-refractivity contribution in [2.45, 2.75) is 29.9 Å². The third-order valence-electron chi connectivity index (χ3n) is 3.18. The number of sulfone groups is 1. The molecule has 1 aromatic rings. The number of nitrogens with one attached hydrogen (secondary N) is 1. The van der Waals surface area contributed by atoms with Gasteiger partial charge in [0.2, 0.25) is 10.0 Å². The fourth-order valence-electron chi connectivity index (χ4n) is 1.77.